The zero-order chi connectivity index (χ0) is 13.3. The predicted octanol–water partition coefficient (Wildman–Crippen LogP) is 1.68. The fourth-order valence-corrected chi connectivity index (χ4v) is 3.09. The number of nitrogens with one attached hydrogen (secondary N) is 1. The molecule has 1 N–H and O–H groups in total. The molecule has 1 aromatic heterocycles. The summed E-state index contributed by atoms with van der Waals surface area (Å²) in [5.74, 6) is -0.0375. The SMILES string of the molecule is CCC1C(=O)NC(C)C(=O)N1Cc1cscc1C. The van der Waals surface area contributed by atoms with Crippen molar-refractivity contribution in [1.82, 2.24) is 10.2 Å². The van der Waals surface area contributed by atoms with Crippen molar-refractivity contribution in [2.75, 3.05) is 0 Å². The third-order valence-electron chi connectivity index (χ3n) is 3.38. The molecule has 2 atom stereocenters. The molecule has 2 heterocycles. The molecule has 1 aliphatic heterocycles. The van der Waals surface area contributed by atoms with Gasteiger partial charge in [-0.1, -0.05) is 6.92 Å². The van der Waals surface area contributed by atoms with E-state index in [1.807, 2.05) is 19.2 Å². The first-order chi connectivity index (χ1) is 8.54. The van der Waals surface area contributed by atoms with E-state index in [-0.39, 0.29) is 17.9 Å². The Morgan fingerprint density at radius 3 is 2.67 bits per heavy atom. The molecule has 0 aliphatic carbocycles. The fraction of sp³-hybridized carbons (Fsp3) is 0.538. The minimum absolute atomic E-state index is 0.00653. The van der Waals surface area contributed by atoms with E-state index >= 15 is 0 Å². The van der Waals surface area contributed by atoms with Gasteiger partial charge in [0, 0.05) is 6.54 Å². The van der Waals surface area contributed by atoms with Crippen molar-refractivity contribution in [3.8, 4) is 0 Å². The van der Waals surface area contributed by atoms with Crippen molar-refractivity contribution in [2.24, 2.45) is 0 Å². The van der Waals surface area contributed by atoms with E-state index in [0.717, 1.165) is 5.56 Å². The molecule has 4 nitrogen and oxygen atoms in total. The Kier molecular flexibility index (Phi) is 3.71. The molecule has 0 aromatic carbocycles. The molecule has 2 amide bonds. The van der Waals surface area contributed by atoms with Gasteiger partial charge in [0.05, 0.1) is 0 Å². The molecule has 1 fully saturated rings. The first-order valence-corrected chi connectivity index (χ1v) is 7.11. The standard InChI is InChI=1S/C13H18N2O2S/c1-4-11-12(16)14-9(3)13(17)15(11)5-10-7-18-6-8(10)2/h6-7,9,11H,4-5H2,1-3H3,(H,14,16). The van der Waals surface area contributed by atoms with E-state index in [1.54, 1.807) is 23.2 Å². The second-order valence-electron chi connectivity index (χ2n) is 4.70. The number of aryl methyl sites for hydroxylation is 1. The Balaban J connectivity index is 2.24. The summed E-state index contributed by atoms with van der Waals surface area (Å²) < 4.78 is 0. The number of hydrogen-bond acceptors (Lipinski definition) is 3. The molecule has 98 valence electrons. The Morgan fingerprint density at radius 1 is 1.39 bits per heavy atom. The van der Waals surface area contributed by atoms with Crippen molar-refractivity contribution in [1.29, 1.82) is 0 Å². The highest BCUT2D eigenvalue weighted by Crippen LogP contribution is 2.21. The first-order valence-electron chi connectivity index (χ1n) is 6.17. The summed E-state index contributed by atoms with van der Waals surface area (Å²) in [6.07, 6.45) is 0.646. The smallest absolute Gasteiger partial charge is 0.245 e. The number of hydrogen-bond donors (Lipinski definition) is 1. The van der Waals surface area contributed by atoms with Crippen molar-refractivity contribution >= 4 is 23.2 Å². The molecule has 1 aliphatic rings. The van der Waals surface area contributed by atoms with E-state index < -0.39 is 6.04 Å². The van der Waals surface area contributed by atoms with Crippen LogP contribution in [0.25, 0.3) is 0 Å². The van der Waals surface area contributed by atoms with Crippen molar-refractivity contribution in [3.05, 3.63) is 21.9 Å². The maximum Gasteiger partial charge on any atom is 0.245 e. The van der Waals surface area contributed by atoms with Crippen molar-refractivity contribution in [3.63, 3.8) is 0 Å². The van der Waals surface area contributed by atoms with E-state index in [2.05, 4.69) is 10.7 Å². The minimum atomic E-state index is -0.417. The number of carbonyl (C=O) groups excluding carboxylic acids is 2. The van der Waals surface area contributed by atoms with Crippen LogP contribution in [0, 0.1) is 6.92 Å². The molecule has 1 saturated heterocycles. The molecule has 0 saturated carbocycles. The van der Waals surface area contributed by atoms with Gasteiger partial charge in [0.25, 0.3) is 0 Å². The lowest BCUT2D eigenvalue weighted by molar-refractivity contribution is -0.149. The van der Waals surface area contributed by atoms with Crippen LogP contribution in [0.4, 0.5) is 0 Å². The summed E-state index contributed by atoms with van der Waals surface area (Å²) in [6.45, 7) is 6.23. The molecule has 0 bridgehead atoms. The number of amides is 2. The summed E-state index contributed by atoms with van der Waals surface area (Å²) in [6, 6.07) is -0.757. The van der Waals surface area contributed by atoms with Gasteiger partial charge in [-0.2, -0.15) is 11.3 Å². The van der Waals surface area contributed by atoms with E-state index in [0.29, 0.717) is 13.0 Å². The maximum atomic E-state index is 12.2. The molecule has 0 spiro atoms. The molecule has 5 heteroatoms. The zero-order valence-corrected chi connectivity index (χ0v) is 11.7. The number of carbonyl (C=O) groups is 2. The van der Waals surface area contributed by atoms with Crippen LogP contribution in [-0.4, -0.2) is 28.8 Å². The van der Waals surface area contributed by atoms with Gasteiger partial charge in [0.1, 0.15) is 12.1 Å². The van der Waals surface area contributed by atoms with Crippen LogP contribution in [0.1, 0.15) is 31.4 Å². The normalized spacial score (nSPS) is 24.3. The van der Waals surface area contributed by atoms with Crippen LogP contribution in [0.2, 0.25) is 0 Å². The summed E-state index contributed by atoms with van der Waals surface area (Å²) >= 11 is 1.63. The highest BCUT2D eigenvalue weighted by Gasteiger charge is 2.37. The zero-order valence-electron chi connectivity index (χ0n) is 10.9. The number of rotatable bonds is 3. The van der Waals surface area contributed by atoms with Crippen LogP contribution in [0.5, 0.6) is 0 Å². The summed E-state index contributed by atoms with van der Waals surface area (Å²) in [4.78, 5) is 25.8. The fourth-order valence-electron chi connectivity index (χ4n) is 2.24. The van der Waals surface area contributed by atoms with E-state index in [1.165, 1.54) is 5.56 Å². The number of thiophene rings is 1. The van der Waals surface area contributed by atoms with Crippen molar-refractivity contribution in [2.45, 2.75) is 45.8 Å². The third kappa shape index (κ3) is 2.27. The number of nitrogens with zero attached hydrogens (tertiary/aromatic N) is 1. The second kappa shape index (κ2) is 5.10. The second-order valence-corrected chi connectivity index (χ2v) is 5.44. The minimum Gasteiger partial charge on any atom is -0.343 e. The molecular weight excluding hydrogens is 248 g/mol. The monoisotopic (exact) mass is 266 g/mol. The topological polar surface area (TPSA) is 49.4 Å². The van der Waals surface area contributed by atoms with Gasteiger partial charge >= 0.3 is 0 Å². The Labute approximate surface area is 111 Å². The predicted molar refractivity (Wildman–Crippen MR) is 71.3 cm³/mol. The van der Waals surface area contributed by atoms with Gasteiger partial charge < -0.3 is 10.2 Å². The Bertz CT molecular complexity index is 469. The van der Waals surface area contributed by atoms with Crippen LogP contribution < -0.4 is 5.32 Å². The van der Waals surface area contributed by atoms with Gasteiger partial charge in [-0.25, -0.2) is 0 Å². The summed E-state index contributed by atoms with van der Waals surface area (Å²) in [5, 5.41) is 6.84. The molecule has 0 radical (unpaired) electrons. The Morgan fingerprint density at radius 2 is 2.11 bits per heavy atom. The highest BCUT2D eigenvalue weighted by atomic mass is 32.1. The average Bonchev–Trinajstić information content (AvgIpc) is 2.72. The lowest BCUT2D eigenvalue weighted by atomic mass is 10.0. The molecule has 1 aromatic rings. The average molecular weight is 266 g/mol. The van der Waals surface area contributed by atoms with Crippen LogP contribution in [0.15, 0.2) is 10.8 Å². The van der Waals surface area contributed by atoms with E-state index in [4.69, 9.17) is 0 Å². The largest absolute Gasteiger partial charge is 0.343 e. The van der Waals surface area contributed by atoms with E-state index in [9.17, 15) is 9.59 Å². The lowest BCUT2D eigenvalue weighted by Crippen LogP contribution is -2.61. The Hall–Kier alpha value is -1.36. The van der Waals surface area contributed by atoms with Crippen LogP contribution in [-0.2, 0) is 16.1 Å². The van der Waals surface area contributed by atoms with Gasteiger partial charge in [0.15, 0.2) is 0 Å². The molecular formula is C13H18N2O2S. The summed E-state index contributed by atoms with van der Waals surface area (Å²) in [5.41, 5.74) is 2.31. The van der Waals surface area contributed by atoms with Crippen molar-refractivity contribution < 1.29 is 9.59 Å². The first kappa shape index (κ1) is 13.1. The molecule has 18 heavy (non-hydrogen) atoms. The lowest BCUT2D eigenvalue weighted by Gasteiger charge is -2.37. The molecule has 2 unspecified atom stereocenters. The van der Waals surface area contributed by atoms with Gasteiger partial charge in [-0.3, -0.25) is 9.59 Å². The highest BCUT2D eigenvalue weighted by molar-refractivity contribution is 7.08. The number of piperazine rings is 1. The summed E-state index contributed by atoms with van der Waals surface area (Å²) in [7, 11) is 0. The molecule has 2 rings (SSSR count). The van der Waals surface area contributed by atoms with Gasteiger partial charge in [0.2, 0.25) is 11.8 Å². The quantitative estimate of drug-likeness (QED) is 0.905. The maximum absolute atomic E-state index is 12.2. The van der Waals surface area contributed by atoms with Crippen LogP contribution >= 0.6 is 11.3 Å². The van der Waals surface area contributed by atoms with Gasteiger partial charge in [-0.15, -0.1) is 0 Å². The van der Waals surface area contributed by atoms with Gasteiger partial charge in [-0.05, 0) is 42.2 Å². The third-order valence-corrected chi connectivity index (χ3v) is 4.29. The van der Waals surface area contributed by atoms with Crippen LogP contribution in [0.3, 0.4) is 0 Å².